The van der Waals surface area contributed by atoms with Crippen molar-refractivity contribution in [2.24, 2.45) is 5.92 Å². The van der Waals surface area contributed by atoms with Gasteiger partial charge in [0.2, 0.25) is 5.91 Å². The maximum absolute atomic E-state index is 12.8. The van der Waals surface area contributed by atoms with Crippen molar-refractivity contribution >= 4 is 17.5 Å². The van der Waals surface area contributed by atoms with Gasteiger partial charge in [-0.3, -0.25) is 18.8 Å². The first-order valence-electron chi connectivity index (χ1n) is 10.2. The molecule has 1 aliphatic heterocycles. The van der Waals surface area contributed by atoms with Crippen LogP contribution in [0.2, 0.25) is 0 Å². The van der Waals surface area contributed by atoms with Crippen molar-refractivity contribution in [2.75, 3.05) is 13.1 Å². The molecule has 2 aromatic heterocycles. The van der Waals surface area contributed by atoms with Crippen molar-refractivity contribution in [3.8, 4) is 0 Å². The molecule has 7 nitrogen and oxygen atoms in total. The second-order valence-corrected chi connectivity index (χ2v) is 7.84. The van der Waals surface area contributed by atoms with Gasteiger partial charge in [-0.15, -0.1) is 0 Å². The number of hydrogen-bond acceptors (Lipinski definition) is 4. The highest BCUT2D eigenvalue weighted by atomic mass is 16.2. The van der Waals surface area contributed by atoms with Gasteiger partial charge in [0.1, 0.15) is 11.2 Å². The molecule has 0 bridgehead atoms. The smallest absolute Gasteiger partial charge is 0.270 e. The summed E-state index contributed by atoms with van der Waals surface area (Å²) in [7, 11) is 0. The lowest BCUT2D eigenvalue weighted by Gasteiger charge is -2.27. The first-order valence-corrected chi connectivity index (χ1v) is 10.2. The average Bonchev–Trinajstić information content (AvgIpc) is 3.15. The lowest BCUT2D eigenvalue weighted by atomic mass is 10.1. The van der Waals surface area contributed by atoms with Crippen LogP contribution in [0.1, 0.15) is 55.3 Å². The fourth-order valence-corrected chi connectivity index (χ4v) is 4.34. The Bertz CT molecular complexity index is 933. The van der Waals surface area contributed by atoms with Crippen molar-refractivity contribution in [2.45, 2.75) is 51.0 Å². The Labute approximate surface area is 163 Å². The lowest BCUT2D eigenvalue weighted by Crippen LogP contribution is -2.47. The molecule has 0 spiro atoms. The van der Waals surface area contributed by atoms with Crippen LogP contribution in [0.5, 0.6) is 0 Å². The molecule has 1 saturated heterocycles. The number of fused-ring (bicyclic) bond motifs is 1. The summed E-state index contributed by atoms with van der Waals surface area (Å²) in [6.07, 6.45) is 9.87. The van der Waals surface area contributed by atoms with Crippen LogP contribution in [0.25, 0.3) is 5.65 Å². The zero-order valence-corrected chi connectivity index (χ0v) is 16.0. The van der Waals surface area contributed by atoms with Gasteiger partial charge in [0.15, 0.2) is 0 Å². The Morgan fingerprint density at radius 2 is 1.86 bits per heavy atom. The van der Waals surface area contributed by atoms with Gasteiger partial charge >= 0.3 is 0 Å². The first kappa shape index (κ1) is 18.7. The Hall–Kier alpha value is -2.70. The number of likely N-dealkylation sites (tertiary alicyclic amines) is 1. The fourth-order valence-electron chi connectivity index (χ4n) is 4.34. The van der Waals surface area contributed by atoms with Crippen molar-refractivity contribution in [3.05, 3.63) is 46.5 Å². The molecule has 0 radical (unpaired) electrons. The maximum atomic E-state index is 12.8. The molecule has 1 aliphatic carbocycles. The third-order valence-electron chi connectivity index (χ3n) is 5.88. The number of aromatic nitrogens is 2. The van der Waals surface area contributed by atoms with E-state index in [4.69, 9.17) is 0 Å². The van der Waals surface area contributed by atoms with E-state index in [1.54, 1.807) is 24.4 Å². The lowest BCUT2D eigenvalue weighted by molar-refractivity contribution is -0.135. The third kappa shape index (κ3) is 3.79. The Kier molecular flexibility index (Phi) is 5.41. The predicted octanol–water partition coefficient (Wildman–Crippen LogP) is 2.00. The molecule has 1 N–H and O–H groups in total. The highest BCUT2D eigenvalue weighted by molar-refractivity contribution is 5.94. The average molecular weight is 382 g/mol. The van der Waals surface area contributed by atoms with Crippen molar-refractivity contribution in [1.29, 1.82) is 0 Å². The van der Waals surface area contributed by atoms with Crippen LogP contribution < -0.4 is 10.9 Å². The van der Waals surface area contributed by atoms with Gasteiger partial charge in [-0.05, 0) is 44.2 Å². The van der Waals surface area contributed by atoms with Crippen LogP contribution in [0.3, 0.4) is 0 Å². The van der Waals surface area contributed by atoms with Crippen LogP contribution >= 0.6 is 0 Å². The molecular weight excluding hydrogens is 356 g/mol. The summed E-state index contributed by atoms with van der Waals surface area (Å²) in [4.78, 5) is 44.3. The van der Waals surface area contributed by atoms with E-state index in [1.807, 2.05) is 4.90 Å². The van der Waals surface area contributed by atoms with Gasteiger partial charge < -0.3 is 10.2 Å². The summed E-state index contributed by atoms with van der Waals surface area (Å²) >= 11 is 0. The van der Waals surface area contributed by atoms with E-state index in [0.29, 0.717) is 12.2 Å². The molecule has 7 heteroatoms. The van der Waals surface area contributed by atoms with E-state index >= 15 is 0 Å². The summed E-state index contributed by atoms with van der Waals surface area (Å²) in [6, 6.07) is 5.11. The van der Waals surface area contributed by atoms with Gasteiger partial charge in [-0.2, -0.15) is 0 Å². The van der Waals surface area contributed by atoms with E-state index in [2.05, 4.69) is 10.3 Å². The molecular formula is C21H26N4O3. The Morgan fingerprint density at radius 1 is 1.07 bits per heavy atom. The van der Waals surface area contributed by atoms with E-state index in [9.17, 15) is 14.4 Å². The SMILES string of the molecule is O=C(N[C@@H]1CCCCN(C(=O)C2CCCC2)C1)c1cnc2ccccn2c1=O. The minimum Gasteiger partial charge on any atom is -0.347 e. The van der Waals surface area contributed by atoms with Gasteiger partial charge in [0.05, 0.1) is 0 Å². The summed E-state index contributed by atoms with van der Waals surface area (Å²) < 4.78 is 1.37. The summed E-state index contributed by atoms with van der Waals surface area (Å²) in [6.45, 7) is 1.27. The molecule has 148 valence electrons. The molecule has 2 aliphatic rings. The third-order valence-corrected chi connectivity index (χ3v) is 5.88. The molecule has 1 saturated carbocycles. The predicted molar refractivity (Wildman–Crippen MR) is 105 cm³/mol. The number of amides is 2. The van der Waals surface area contributed by atoms with Gasteiger partial charge in [-0.25, -0.2) is 4.98 Å². The normalized spacial score (nSPS) is 20.9. The zero-order chi connectivity index (χ0) is 19.5. The Morgan fingerprint density at radius 3 is 2.68 bits per heavy atom. The summed E-state index contributed by atoms with van der Waals surface area (Å²) in [5.41, 5.74) is 0.157. The van der Waals surface area contributed by atoms with E-state index in [-0.39, 0.29) is 29.0 Å². The monoisotopic (exact) mass is 382 g/mol. The number of pyridine rings is 1. The zero-order valence-electron chi connectivity index (χ0n) is 16.0. The highest BCUT2D eigenvalue weighted by Gasteiger charge is 2.30. The minimum atomic E-state index is -0.420. The van der Waals surface area contributed by atoms with Crippen molar-refractivity contribution in [3.63, 3.8) is 0 Å². The van der Waals surface area contributed by atoms with Crippen molar-refractivity contribution in [1.82, 2.24) is 19.6 Å². The minimum absolute atomic E-state index is 0.0293. The fraction of sp³-hybridized carbons (Fsp3) is 0.524. The van der Waals surface area contributed by atoms with Gasteiger partial charge in [0.25, 0.3) is 11.5 Å². The molecule has 0 unspecified atom stereocenters. The quantitative estimate of drug-likeness (QED) is 0.880. The number of nitrogens with zero attached hydrogens (tertiary/aromatic N) is 3. The molecule has 1 atom stereocenters. The van der Waals surface area contributed by atoms with E-state index < -0.39 is 5.91 Å². The van der Waals surface area contributed by atoms with E-state index in [1.165, 1.54) is 10.6 Å². The number of hydrogen-bond donors (Lipinski definition) is 1. The molecule has 4 rings (SSSR count). The second-order valence-electron chi connectivity index (χ2n) is 7.84. The molecule has 0 aromatic carbocycles. The number of carbonyl (C=O) groups is 2. The maximum Gasteiger partial charge on any atom is 0.270 e. The summed E-state index contributed by atoms with van der Waals surface area (Å²) in [5, 5.41) is 2.97. The number of carbonyl (C=O) groups excluding carboxylic acids is 2. The largest absolute Gasteiger partial charge is 0.347 e. The van der Waals surface area contributed by atoms with Crippen LogP contribution in [-0.4, -0.2) is 45.2 Å². The highest BCUT2D eigenvalue weighted by Crippen LogP contribution is 2.27. The topological polar surface area (TPSA) is 83.8 Å². The second kappa shape index (κ2) is 8.12. The molecule has 2 aromatic rings. The molecule has 28 heavy (non-hydrogen) atoms. The van der Waals surface area contributed by atoms with Crippen LogP contribution in [-0.2, 0) is 4.79 Å². The van der Waals surface area contributed by atoms with Crippen LogP contribution in [0.15, 0.2) is 35.4 Å². The number of nitrogens with one attached hydrogen (secondary N) is 1. The van der Waals surface area contributed by atoms with Crippen LogP contribution in [0, 0.1) is 5.92 Å². The molecule has 2 amide bonds. The number of rotatable bonds is 3. The first-order chi connectivity index (χ1) is 13.6. The molecule has 2 fully saturated rings. The van der Waals surface area contributed by atoms with E-state index in [0.717, 1.165) is 51.5 Å². The molecule has 3 heterocycles. The summed E-state index contributed by atoms with van der Waals surface area (Å²) in [5.74, 6) is -0.0502. The van der Waals surface area contributed by atoms with Gasteiger partial charge in [0, 0.05) is 37.4 Å². The van der Waals surface area contributed by atoms with Crippen LogP contribution in [0.4, 0.5) is 0 Å². The van der Waals surface area contributed by atoms with Crippen molar-refractivity contribution < 1.29 is 9.59 Å². The Balaban J connectivity index is 1.48. The standard InChI is InChI=1S/C21H26N4O3/c26-19(17-13-22-18-10-4-6-12-25(18)21(17)28)23-16-9-3-5-11-24(14-16)20(27)15-7-1-2-8-15/h4,6,10,12-13,15-16H,1-3,5,7-9,11,14H2,(H,23,26)/t16-/m1/s1. The van der Waals surface area contributed by atoms with Gasteiger partial charge in [-0.1, -0.05) is 18.9 Å².